The Kier molecular flexibility index (Phi) is 8.13. The summed E-state index contributed by atoms with van der Waals surface area (Å²) >= 11 is 0. The van der Waals surface area contributed by atoms with E-state index in [2.05, 4.69) is 21.3 Å². The van der Waals surface area contributed by atoms with Crippen molar-refractivity contribution >= 4 is 23.4 Å². The minimum atomic E-state index is -0.343. The molecule has 0 atom stereocenters. The lowest BCUT2D eigenvalue weighted by molar-refractivity contribution is 0.251. The van der Waals surface area contributed by atoms with Crippen LogP contribution in [0.15, 0.2) is 66.7 Å². The molecule has 8 heteroatoms. The van der Waals surface area contributed by atoms with E-state index in [4.69, 9.17) is 9.47 Å². The van der Waals surface area contributed by atoms with Crippen LogP contribution in [0.2, 0.25) is 0 Å². The van der Waals surface area contributed by atoms with E-state index < -0.39 is 0 Å². The van der Waals surface area contributed by atoms with Gasteiger partial charge in [0.05, 0.1) is 14.2 Å². The van der Waals surface area contributed by atoms with Crippen LogP contribution in [-0.4, -0.2) is 26.3 Å². The molecule has 0 bridgehead atoms. The number of carbonyl (C=O) groups is 2. The van der Waals surface area contributed by atoms with E-state index in [1.54, 1.807) is 26.4 Å². The Hall–Kier alpha value is -4.20. The monoisotopic (exact) mass is 448 g/mol. The summed E-state index contributed by atoms with van der Waals surface area (Å²) in [5, 5.41) is 11.2. The summed E-state index contributed by atoms with van der Waals surface area (Å²) in [6.07, 6.45) is 0. The summed E-state index contributed by atoms with van der Waals surface area (Å²) in [5.74, 6) is 1.52. The molecule has 0 fully saturated rings. The molecular weight excluding hydrogens is 420 g/mol. The molecule has 0 unspecified atom stereocenters. The van der Waals surface area contributed by atoms with Crippen LogP contribution in [0.5, 0.6) is 11.5 Å². The number of ether oxygens (including phenoxy) is 2. The van der Waals surface area contributed by atoms with Crippen LogP contribution in [0.4, 0.5) is 21.0 Å². The Morgan fingerprint density at radius 3 is 1.67 bits per heavy atom. The first-order valence-electron chi connectivity index (χ1n) is 10.4. The maximum Gasteiger partial charge on any atom is 0.319 e. The van der Waals surface area contributed by atoms with Crippen molar-refractivity contribution in [3.63, 3.8) is 0 Å². The third-order valence-corrected chi connectivity index (χ3v) is 4.97. The predicted molar refractivity (Wildman–Crippen MR) is 129 cm³/mol. The number of hydrogen-bond acceptors (Lipinski definition) is 4. The van der Waals surface area contributed by atoms with Crippen molar-refractivity contribution in [1.82, 2.24) is 10.6 Å². The maximum atomic E-state index is 12.3. The van der Waals surface area contributed by atoms with Crippen LogP contribution in [0, 0.1) is 6.92 Å². The minimum Gasteiger partial charge on any atom is -0.497 e. The average molecular weight is 449 g/mol. The van der Waals surface area contributed by atoms with Gasteiger partial charge in [0.1, 0.15) is 11.5 Å². The minimum absolute atomic E-state index is 0.338. The Morgan fingerprint density at radius 1 is 0.697 bits per heavy atom. The van der Waals surface area contributed by atoms with E-state index in [9.17, 15) is 9.59 Å². The van der Waals surface area contributed by atoms with Crippen LogP contribution in [-0.2, 0) is 13.1 Å². The predicted octanol–water partition coefficient (Wildman–Crippen LogP) is 4.66. The van der Waals surface area contributed by atoms with Crippen molar-refractivity contribution in [3.05, 3.63) is 83.4 Å². The number of nitrogens with one attached hydrogen (secondary N) is 4. The van der Waals surface area contributed by atoms with Gasteiger partial charge in [-0.3, -0.25) is 0 Å². The number of aryl methyl sites for hydroxylation is 1. The largest absolute Gasteiger partial charge is 0.497 e. The molecule has 4 N–H and O–H groups in total. The maximum absolute atomic E-state index is 12.3. The van der Waals surface area contributed by atoms with Gasteiger partial charge in [0, 0.05) is 24.5 Å². The van der Waals surface area contributed by atoms with E-state index in [0.717, 1.165) is 28.2 Å². The summed E-state index contributed by atoms with van der Waals surface area (Å²) < 4.78 is 10.3. The first-order valence-corrected chi connectivity index (χ1v) is 10.4. The molecule has 0 heterocycles. The number of anilines is 2. The molecule has 3 rings (SSSR count). The van der Waals surface area contributed by atoms with Gasteiger partial charge in [0.25, 0.3) is 0 Å². The molecule has 172 valence electrons. The van der Waals surface area contributed by atoms with Gasteiger partial charge in [-0.1, -0.05) is 30.3 Å². The van der Waals surface area contributed by atoms with Crippen LogP contribution in [0.1, 0.15) is 16.7 Å². The first kappa shape index (κ1) is 23.5. The molecular formula is C25H28N4O4. The van der Waals surface area contributed by atoms with Gasteiger partial charge in [-0.15, -0.1) is 0 Å². The van der Waals surface area contributed by atoms with Gasteiger partial charge < -0.3 is 30.7 Å². The highest BCUT2D eigenvalue weighted by Gasteiger charge is 2.08. The van der Waals surface area contributed by atoms with Gasteiger partial charge in [-0.25, -0.2) is 9.59 Å². The molecule has 0 aliphatic rings. The van der Waals surface area contributed by atoms with Crippen molar-refractivity contribution in [2.75, 3.05) is 24.9 Å². The molecule has 3 aromatic carbocycles. The molecule has 8 nitrogen and oxygen atoms in total. The van der Waals surface area contributed by atoms with Crippen LogP contribution >= 0.6 is 0 Å². The average Bonchev–Trinajstić information content (AvgIpc) is 2.84. The lowest BCUT2D eigenvalue weighted by atomic mass is 10.2. The fourth-order valence-electron chi connectivity index (χ4n) is 3.03. The number of amides is 4. The van der Waals surface area contributed by atoms with Crippen molar-refractivity contribution in [2.24, 2.45) is 0 Å². The van der Waals surface area contributed by atoms with Gasteiger partial charge in [-0.2, -0.15) is 0 Å². The SMILES string of the molecule is COc1ccc(CNC(=O)Nc2ccc(C)c(NC(=O)NCc3ccc(OC)cc3)c2)cc1. The Morgan fingerprint density at radius 2 is 1.18 bits per heavy atom. The molecule has 3 aromatic rings. The number of carbonyl (C=O) groups excluding carboxylic acids is 2. The quantitative estimate of drug-likeness (QED) is 0.403. The highest BCUT2D eigenvalue weighted by molar-refractivity contribution is 5.93. The lowest BCUT2D eigenvalue weighted by Gasteiger charge is -2.13. The number of methoxy groups -OCH3 is 2. The van der Waals surface area contributed by atoms with Gasteiger partial charge in [0.2, 0.25) is 0 Å². The van der Waals surface area contributed by atoms with E-state index in [0.29, 0.717) is 24.5 Å². The Labute approximate surface area is 193 Å². The van der Waals surface area contributed by atoms with Gasteiger partial charge >= 0.3 is 12.1 Å². The van der Waals surface area contributed by atoms with Crippen LogP contribution in [0.3, 0.4) is 0 Å². The van der Waals surface area contributed by atoms with Gasteiger partial charge in [-0.05, 0) is 60.0 Å². The van der Waals surface area contributed by atoms with Crippen molar-refractivity contribution < 1.29 is 19.1 Å². The van der Waals surface area contributed by atoms with E-state index >= 15 is 0 Å². The lowest BCUT2D eigenvalue weighted by Crippen LogP contribution is -2.29. The highest BCUT2D eigenvalue weighted by Crippen LogP contribution is 2.20. The Balaban J connectivity index is 1.51. The normalized spacial score (nSPS) is 10.2. The van der Waals surface area contributed by atoms with E-state index in [1.165, 1.54) is 0 Å². The second-order valence-electron chi connectivity index (χ2n) is 7.34. The zero-order valence-corrected chi connectivity index (χ0v) is 18.9. The molecule has 0 aromatic heterocycles. The number of rotatable bonds is 8. The molecule has 33 heavy (non-hydrogen) atoms. The van der Waals surface area contributed by atoms with E-state index in [-0.39, 0.29) is 12.1 Å². The fourth-order valence-corrected chi connectivity index (χ4v) is 3.03. The van der Waals surface area contributed by atoms with E-state index in [1.807, 2.05) is 61.5 Å². The summed E-state index contributed by atoms with van der Waals surface area (Å²) in [6.45, 7) is 2.63. The second-order valence-corrected chi connectivity index (χ2v) is 7.34. The summed E-state index contributed by atoms with van der Waals surface area (Å²) in [7, 11) is 3.21. The number of hydrogen-bond donors (Lipinski definition) is 4. The number of benzene rings is 3. The third kappa shape index (κ3) is 7.17. The highest BCUT2D eigenvalue weighted by atomic mass is 16.5. The third-order valence-electron chi connectivity index (χ3n) is 4.97. The summed E-state index contributed by atoms with van der Waals surface area (Å²) in [5.41, 5.74) is 3.95. The zero-order chi connectivity index (χ0) is 23.6. The molecule has 0 spiro atoms. The molecule has 0 aliphatic carbocycles. The van der Waals surface area contributed by atoms with Gasteiger partial charge in [0.15, 0.2) is 0 Å². The fraction of sp³-hybridized carbons (Fsp3) is 0.200. The molecule has 0 radical (unpaired) electrons. The van der Waals surface area contributed by atoms with Crippen LogP contribution < -0.4 is 30.7 Å². The number of urea groups is 2. The smallest absolute Gasteiger partial charge is 0.319 e. The topological polar surface area (TPSA) is 101 Å². The van der Waals surface area contributed by atoms with Crippen molar-refractivity contribution in [3.8, 4) is 11.5 Å². The standard InChI is InChI=1S/C25H28N4O4/c1-17-4-9-20(28-24(30)26-15-18-5-10-21(32-2)11-6-18)14-23(17)29-25(31)27-16-19-7-12-22(33-3)13-8-19/h4-14H,15-16H2,1-3H3,(H2,26,28,30)(H2,27,29,31). The summed E-state index contributed by atoms with van der Waals surface area (Å²) in [6, 6.07) is 19.6. The molecule has 0 aliphatic heterocycles. The summed E-state index contributed by atoms with van der Waals surface area (Å²) in [4.78, 5) is 24.6. The van der Waals surface area contributed by atoms with Crippen LogP contribution in [0.25, 0.3) is 0 Å². The zero-order valence-electron chi connectivity index (χ0n) is 18.9. The molecule has 0 saturated heterocycles. The second kappa shape index (κ2) is 11.4. The first-order chi connectivity index (χ1) is 16.0. The molecule has 0 saturated carbocycles. The van der Waals surface area contributed by atoms with Crippen molar-refractivity contribution in [1.29, 1.82) is 0 Å². The van der Waals surface area contributed by atoms with Crippen molar-refractivity contribution in [2.45, 2.75) is 20.0 Å². The Bertz CT molecular complexity index is 1080. The molecule has 4 amide bonds.